The Morgan fingerprint density at radius 2 is 2.31 bits per heavy atom. The van der Waals surface area contributed by atoms with Crippen LogP contribution in [0.15, 0.2) is 30.6 Å². The molecule has 2 aromatic rings. The van der Waals surface area contributed by atoms with Crippen molar-refractivity contribution in [2.45, 2.75) is 20.3 Å². The molecule has 1 fully saturated rings. The van der Waals surface area contributed by atoms with Crippen molar-refractivity contribution in [3.63, 3.8) is 0 Å². The van der Waals surface area contributed by atoms with Crippen molar-refractivity contribution in [1.29, 1.82) is 0 Å². The Bertz CT molecular complexity index is 513. The molecule has 0 spiro atoms. The number of pyridine rings is 1. The summed E-state index contributed by atoms with van der Waals surface area (Å²) in [6.07, 6.45) is 5.16. The fraction of sp³-hybridized carbons (Fsp3) is 0.462. The zero-order chi connectivity index (χ0) is 11.2. The number of aromatic nitrogens is 2. The Morgan fingerprint density at radius 1 is 1.50 bits per heavy atom. The molecule has 1 unspecified atom stereocenters. The van der Waals surface area contributed by atoms with Crippen LogP contribution in [0, 0.1) is 11.3 Å². The number of fused-ring (bicyclic) bond motifs is 1. The van der Waals surface area contributed by atoms with Gasteiger partial charge in [-0.2, -0.15) is 0 Å². The lowest BCUT2D eigenvalue weighted by Crippen LogP contribution is -2.09. The maximum absolute atomic E-state index is 4.27. The zero-order valence-electron chi connectivity index (χ0n) is 9.77. The zero-order valence-corrected chi connectivity index (χ0v) is 9.77. The molecule has 1 aliphatic carbocycles. The van der Waals surface area contributed by atoms with Crippen LogP contribution in [0.4, 0.5) is 5.82 Å². The summed E-state index contributed by atoms with van der Waals surface area (Å²) < 4.78 is 2.09. The molecule has 1 aliphatic rings. The smallest absolute Gasteiger partial charge is 0.138 e. The molecular weight excluding hydrogens is 198 g/mol. The monoisotopic (exact) mass is 215 g/mol. The average Bonchev–Trinajstić information content (AvgIpc) is 2.68. The summed E-state index contributed by atoms with van der Waals surface area (Å²) in [5, 5.41) is 3.51. The van der Waals surface area contributed by atoms with E-state index in [9.17, 15) is 0 Å². The molecule has 3 nitrogen and oxygen atoms in total. The van der Waals surface area contributed by atoms with Crippen LogP contribution in [0.5, 0.6) is 0 Å². The highest BCUT2D eigenvalue weighted by Gasteiger charge is 2.44. The molecule has 0 saturated heterocycles. The number of anilines is 1. The molecule has 0 bridgehead atoms. The average molecular weight is 215 g/mol. The molecule has 0 aliphatic heterocycles. The summed E-state index contributed by atoms with van der Waals surface area (Å²) in [7, 11) is 0. The molecule has 1 N–H and O–H groups in total. The summed E-state index contributed by atoms with van der Waals surface area (Å²) in [6.45, 7) is 5.72. The molecule has 16 heavy (non-hydrogen) atoms. The fourth-order valence-corrected chi connectivity index (χ4v) is 2.24. The minimum atomic E-state index is 0.538. The first-order valence-electron chi connectivity index (χ1n) is 5.83. The van der Waals surface area contributed by atoms with Gasteiger partial charge in [0.2, 0.25) is 0 Å². The molecule has 0 aromatic carbocycles. The second kappa shape index (κ2) is 3.24. The van der Waals surface area contributed by atoms with E-state index in [1.807, 2.05) is 24.5 Å². The summed E-state index contributed by atoms with van der Waals surface area (Å²) in [5.74, 6) is 1.95. The first-order valence-corrected chi connectivity index (χ1v) is 5.83. The molecule has 0 radical (unpaired) electrons. The quantitative estimate of drug-likeness (QED) is 0.853. The molecule has 1 saturated carbocycles. The van der Waals surface area contributed by atoms with Gasteiger partial charge in [-0.05, 0) is 29.9 Å². The first kappa shape index (κ1) is 9.70. The molecule has 1 atom stereocenters. The molecule has 2 aromatic heterocycles. The maximum atomic E-state index is 4.27. The normalized spacial score (nSPS) is 22.2. The summed E-state index contributed by atoms with van der Waals surface area (Å²) in [6, 6.07) is 6.17. The lowest BCUT2D eigenvalue weighted by atomic mass is 10.1. The van der Waals surface area contributed by atoms with E-state index in [1.54, 1.807) is 0 Å². The van der Waals surface area contributed by atoms with Gasteiger partial charge in [-0.1, -0.05) is 19.9 Å². The van der Waals surface area contributed by atoms with E-state index in [2.05, 4.69) is 34.6 Å². The highest BCUT2D eigenvalue weighted by molar-refractivity contribution is 5.49. The molecule has 3 heteroatoms. The molecule has 0 amide bonds. The van der Waals surface area contributed by atoms with Gasteiger partial charge in [0, 0.05) is 18.9 Å². The number of hydrogen-bond donors (Lipinski definition) is 1. The molecule has 3 rings (SSSR count). The Labute approximate surface area is 95.5 Å². The maximum Gasteiger partial charge on any atom is 0.138 e. The lowest BCUT2D eigenvalue weighted by molar-refractivity contribution is 0.572. The van der Waals surface area contributed by atoms with E-state index in [-0.39, 0.29) is 0 Å². The van der Waals surface area contributed by atoms with Crippen LogP contribution in [0.1, 0.15) is 20.3 Å². The van der Waals surface area contributed by atoms with Gasteiger partial charge < -0.3 is 5.32 Å². The minimum Gasteiger partial charge on any atom is -0.371 e. The summed E-state index contributed by atoms with van der Waals surface area (Å²) in [4.78, 5) is 4.27. The molecule has 2 heterocycles. The van der Waals surface area contributed by atoms with Crippen LogP contribution < -0.4 is 5.32 Å². The van der Waals surface area contributed by atoms with Crippen molar-refractivity contribution >= 4 is 11.5 Å². The van der Waals surface area contributed by atoms with Crippen molar-refractivity contribution < 1.29 is 0 Å². The van der Waals surface area contributed by atoms with Gasteiger partial charge in [-0.3, -0.25) is 4.40 Å². The highest BCUT2D eigenvalue weighted by Crippen LogP contribution is 2.51. The van der Waals surface area contributed by atoms with E-state index >= 15 is 0 Å². The van der Waals surface area contributed by atoms with Crippen LogP contribution in [0.3, 0.4) is 0 Å². The Balaban J connectivity index is 1.77. The van der Waals surface area contributed by atoms with Crippen LogP contribution in [0.2, 0.25) is 0 Å². The Morgan fingerprint density at radius 3 is 3.06 bits per heavy atom. The summed E-state index contributed by atoms with van der Waals surface area (Å²) in [5.41, 5.74) is 1.54. The number of nitrogens with one attached hydrogen (secondary N) is 1. The lowest BCUT2D eigenvalue weighted by Gasteiger charge is -2.09. The van der Waals surface area contributed by atoms with Crippen molar-refractivity contribution in [2.75, 3.05) is 11.9 Å². The third-order valence-corrected chi connectivity index (χ3v) is 3.68. The van der Waals surface area contributed by atoms with Crippen LogP contribution >= 0.6 is 0 Å². The summed E-state index contributed by atoms with van der Waals surface area (Å²) >= 11 is 0. The predicted molar refractivity (Wildman–Crippen MR) is 65.6 cm³/mol. The van der Waals surface area contributed by atoms with Crippen LogP contribution in [0.25, 0.3) is 5.65 Å². The van der Waals surface area contributed by atoms with Gasteiger partial charge >= 0.3 is 0 Å². The highest BCUT2D eigenvalue weighted by atomic mass is 15.1. The van der Waals surface area contributed by atoms with E-state index in [0.29, 0.717) is 5.41 Å². The predicted octanol–water partition coefficient (Wildman–Crippen LogP) is 2.79. The standard InChI is InChI=1S/C13H17N3/c1-13(2)8-10(13)9-15-12-5-3-4-11-14-6-7-16(11)12/h3-7,10,15H,8-9H2,1-2H3. The van der Waals surface area contributed by atoms with E-state index in [1.165, 1.54) is 6.42 Å². The molecular formula is C13H17N3. The largest absolute Gasteiger partial charge is 0.371 e. The second-order valence-electron chi connectivity index (χ2n) is 5.34. The third-order valence-electron chi connectivity index (χ3n) is 3.68. The van der Waals surface area contributed by atoms with Gasteiger partial charge in [0.25, 0.3) is 0 Å². The number of imidazole rings is 1. The number of rotatable bonds is 3. The first-order chi connectivity index (χ1) is 7.67. The van der Waals surface area contributed by atoms with Crippen molar-refractivity contribution in [3.05, 3.63) is 30.6 Å². The van der Waals surface area contributed by atoms with Gasteiger partial charge in [-0.15, -0.1) is 0 Å². The van der Waals surface area contributed by atoms with E-state index in [0.717, 1.165) is 23.9 Å². The van der Waals surface area contributed by atoms with Crippen LogP contribution in [-0.2, 0) is 0 Å². The van der Waals surface area contributed by atoms with Gasteiger partial charge in [-0.25, -0.2) is 4.98 Å². The molecule has 84 valence electrons. The van der Waals surface area contributed by atoms with Gasteiger partial charge in [0.1, 0.15) is 11.5 Å². The SMILES string of the molecule is CC1(C)CC1CNc1cccc2nccn12. The third kappa shape index (κ3) is 1.56. The van der Waals surface area contributed by atoms with Gasteiger partial charge in [0.05, 0.1) is 0 Å². The topological polar surface area (TPSA) is 29.3 Å². The van der Waals surface area contributed by atoms with Crippen molar-refractivity contribution in [1.82, 2.24) is 9.38 Å². The van der Waals surface area contributed by atoms with Crippen molar-refractivity contribution in [2.24, 2.45) is 11.3 Å². The number of hydrogen-bond acceptors (Lipinski definition) is 2. The second-order valence-corrected chi connectivity index (χ2v) is 5.34. The van der Waals surface area contributed by atoms with Crippen molar-refractivity contribution in [3.8, 4) is 0 Å². The van der Waals surface area contributed by atoms with Gasteiger partial charge in [0.15, 0.2) is 0 Å². The minimum absolute atomic E-state index is 0.538. The Kier molecular flexibility index (Phi) is 1.96. The van der Waals surface area contributed by atoms with Crippen LogP contribution in [-0.4, -0.2) is 15.9 Å². The fourth-order valence-electron chi connectivity index (χ4n) is 2.24. The Hall–Kier alpha value is -1.51. The van der Waals surface area contributed by atoms with E-state index < -0.39 is 0 Å². The van der Waals surface area contributed by atoms with E-state index in [4.69, 9.17) is 0 Å². The number of nitrogens with zero attached hydrogens (tertiary/aromatic N) is 2.